The van der Waals surface area contributed by atoms with Crippen molar-refractivity contribution < 1.29 is 9.26 Å². The van der Waals surface area contributed by atoms with E-state index in [1.54, 1.807) is 19.2 Å². The summed E-state index contributed by atoms with van der Waals surface area (Å²) in [6.45, 7) is 0. The van der Waals surface area contributed by atoms with Gasteiger partial charge in [-0.15, -0.1) is 0 Å². The van der Waals surface area contributed by atoms with Gasteiger partial charge < -0.3 is 9.26 Å². The Bertz CT molecular complexity index is 1330. The normalized spacial score (nSPS) is 11.0. The van der Waals surface area contributed by atoms with Crippen LogP contribution in [0.25, 0.3) is 45.0 Å². The van der Waals surface area contributed by atoms with E-state index >= 15 is 0 Å². The van der Waals surface area contributed by atoms with E-state index in [1.165, 1.54) is 0 Å². The topological polar surface area (TPSA) is 61.0 Å². The van der Waals surface area contributed by atoms with Crippen molar-refractivity contribution in [3.05, 3.63) is 83.9 Å². The number of ether oxygens (including phenoxy) is 1. The minimum Gasteiger partial charge on any atom is -0.497 e. The number of methoxy groups -OCH3 is 1. The molecule has 6 heteroatoms. The Kier molecular flexibility index (Phi) is 4.65. The van der Waals surface area contributed by atoms with Gasteiger partial charge in [-0.2, -0.15) is 4.98 Å². The van der Waals surface area contributed by atoms with Crippen LogP contribution in [0.3, 0.4) is 0 Å². The highest BCUT2D eigenvalue weighted by molar-refractivity contribution is 6.30. The maximum atomic E-state index is 5.98. The molecule has 5 aromatic rings. The molecular formula is C24H16ClN3O2. The number of rotatable bonds is 4. The molecule has 0 fully saturated rings. The highest BCUT2D eigenvalue weighted by atomic mass is 35.5. The maximum absolute atomic E-state index is 5.98. The molecule has 2 aromatic heterocycles. The predicted molar refractivity (Wildman–Crippen MR) is 117 cm³/mol. The van der Waals surface area contributed by atoms with E-state index in [0.29, 0.717) is 16.7 Å². The Morgan fingerprint density at radius 3 is 2.33 bits per heavy atom. The van der Waals surface area contributed by atoms with Crippen LogP contribution in [-0.4, -0.2) is 22.2 Å². The Labute approximate surface area is 177 Å². The average Bonchev–Trinajstić information content (AvgIpc) is 3.29. The largest absolute Gasteiger partial charge is 0.497 e. The zero-order valence-electron chi connectivity index (χ0n) is 16.0. The van der Waals surface area contributed by atoms with E-state index < -0.39 is 0 Å². The van der Waals surface area contributed by atoms with Gasteiger partial charge in [0.05, 0.1) is 23.9 Å². The Morgan fingerprint density at radius 1 is 0.833 bits per heavy atom. The molecule has 0 radical (unpaired) electrons. The number of aromatic nitrogens is 3. The number of para-hydroxylation sites is 1. The molecule has 0 saturated heterocycles. The van der Waals surface area contributed by atoms with Crippen molar-refractivity contribution in [2.45, 2.75) is 0 Å². The average molecular weight is 414 g/mol. The van der Waals surface area contributed by atoms with Crippen LogP contribution in [0.5, 0.6) is 5.75 Å². The molecule has 0 N–H and O–H groups in total. The first-order valence-corrected chi connectivity index (χ1v) is 9.73. The highest BCUT2D eigenvalue weighted by Gasteiger charge is 2.16. The molecule has 0 unspecified atom stereocenters. The van der Waals surface area contributed by atoms with E-state index in [-0.39, 0.29) is 0 Å². The molecule has 0 bridgehead atoms. The summed E-state index contributed by atoms with van der Waals surface area (Å²) in [5.74, 6) is 1.74. The SMILES string of the molecule is COc1ccc(-c2cc(-c3nc(-c4ccc(Cl)cc4)no3)c3ccccc3n2)cc1. The smallest absolute Gasteiger partial charge is 0.259 e. The third-order valence-electron chi connectivity index (χ3n) is 4.86. The number of benzene rings is 3. The molecule has 0 aliphatic carbocycles. The van der Waals surface area contributed by atoms with Crippen LogP contribution >= 0.6 is 11.6 Å². The van der Waals surface area contributed by atoms with Crippen LogP contribution in [0.4, 0.5) is 0 Å². The quantitative estimate of drug-likeness (QED) is 0.347. The summed E-state index contributed by atoms with van der Waals surface area (Å²) in [6, 6.07) is 25.0. The summed E-state index contributed by atoms with van der Waals surface area (Å²) >= 11 is 5.98. The number of hydrogen-bond donors (Lipinski definition) is 0. The van der Waals surface area contributed by atoms with Crippen LogP contribution in [0.1, 0.15) is 0 Å². The number of nitrogens with zero attached hydrogens (tertiary/aromatic N) is 3. The highest BCUT2D eigenvalue weighted by Crippen LogP contribution is 2.33. The van der Waals surface area contributed by atoms with E-state index in [2.05, 4.69) is 10.1 Å². The second kappa shape index (κ2) is 7.61. The summed E-state index contributed by atoms with van der Waals surface area (Å²) < 4.78 is 10.9. The molecule has 3 aromatic carbocycles. The predicted octanol–water partition coefficient (Wildman–Crippen LogP) is 6.28. The van der Waals surface area contributed by atoms with Crippen LogP contribution < -0.4 is 4.74 Å². The molecule has 0 amide bonds. The van der Waals surface area contributed by atoms with Gasteiger partial charge >= 0.3 is 0 Å². The first kappa shape index (κ1) is 18.3. The van der Waals surface area contributed by atoms with Gasteiger partial charge in [0.1, 0.15) is 5.75 Å². The fraction of sp³-hybridized carbons (Fsp3) is 0.0417. The molecule has 0 aliphatic rings. The third kappa shape index (κ3) is 3.40. The number of hydrogen-bond acceptors (Lipinski definition) is 5. The second-order valence-electron chi connectivity index (χ2n) is 6.73. The third-order valence-corrected chi connectivity index (χ3v) is 5.11. The van der Waals surface area contributed by atoms with E-state index in [1.807, 2.05) is 66.7 Å². The first-order valence-electron chi connectivity index (χ1n) is 9.35. The monoisotopic (exact) mass is 413 g/mol. The lowest BCUT2D eigenvalue weighted by Crippen LogP contribution is -1.90. The zero-order valence-corrected chi connectivity index (χ0v) is 16.8. The fourth-order valence-electron chi connectivity index (χ4n) is 3.31. The summed E-state index contributed by atoms with van der Waals surface area (Å²) in [7, 11) is 1.65. The lowest BCUT2D eigenvalue weighted by atomic mass is 10.0. The number of pyridine rings is 1. The Hall–Kier alpha value is -3.70. The van der Waals surface area contributed by atoms with Gasteiger partial charge in [-0.3, -0.25) is 0 Å². The molecule has 0 spiro atoms. The van der Waals surface area contributed by atoms with Crippen LogP contribution in [0.15, 0.2) is 83.4 Å². The van der Waals surface area contributed by atoms with Gasteiger partial charge in [-0.05, 0) is 60.7 Å². The van der Waals surface area contributed by atoms with Crippen molar-refractivity contribution in [2.75, 3.05) is 7.11 Å². The molecule has 0 aliphatic heterocycles. The first-order chi connectivity index (χ1) is 14.7. The van der Waals surface area contributed by atoms with Crippen molar-refractivity contribution in [3.8, 4) is 39.8 Å². The molecule has 0 saturated carbocycles. The molecule has 2 heterocycles. The van der Waals surface area contributed by atoms with E-state index in [4.69, 9.17) is 25.8 Å². The minimum absolute atomic E-state index is 0.438. The Balaban J connectivity index is 1.64. The lowest BCUT2D eigenvalue weighted by molar-refractivity contribution is 0.415. The summed E-state index contributed by atoms with van der Waals surface area (Å²) in [5, 5.41) is 5.76. The summed E-state index contributed by atoms with van der Waals surface area (Å²) in [6.07, 6.45) is 0. The number of halogens is 1. The van der Waals surface area contributed by atoms with Gasteiger partial charge in [-0.1, -0.05) is 35.0 Å². The van der Waals surface area contributed by atoms with Crippen LogP contribution in [-0.2, 0) is 0 Å². The van der Waals surface area contributed by atoms with Crippen molar-refractivity contribution in [3.63, 3.8) is 0 Å². The summed E-state index contributed by atoms with van der Waals surface area (Å²) in [4.78, 5) is 9.44. The van der Waals surface area contributed by atoms with Gasteiger partial charge in [0.15, 0.2) is 0 Å². The van der Waals surface area contributed by atoms with Crippen molar-refractivity contribution >= 4 is 22.5 Å². The van der Waals surface area contributed by atoms with Gasteiger partial charge in [0.2, 0.25) is 5.82 Å². The van der Waals surface area contributed by atoms with Crippen LogP contribution in [0.2, 0.25) is 5.02 Å². The van der Waals surface area contributed by atoms with Crippen molar-refractivity contribution in [1.29, 1.82) is 0 Å². The maximum Gasteiger partial charge on any atom is 0.259 e. The molecule has 5 nitrogen and oxygen atoms in total. The van der Waals surface area contributed by atoms with E-state index in [9.17, 15) is 0 Å². The van der Waals surface area contributed by atoms with Crippen molar-refractivity contribution in [2.24, 2.45) is 0 Å². The second-order valence-corrected chi connectivity index (χ2v) is 7.17. The zero-order chi connectivity index (χ0) is 20.5. The Morgan fingerprint density at radius 2 is 1.57 bits per heavy atom. The summed E-state index contributed by atoms with van der Waals surface area (Å²) in [5.41, 5.74) is 4.31. The molecule has 146 valence electrons. The molecule has 0 atom stereocenters. The molecule has 5 rings (SSSR count). The number of fused-ring (bicyclic) bond motifs is 1. The lowest BCUT2D eigenvalue weighted by Gasteiger charge is -2.08. The van der Waals surface area contributed by atoms with Gasteiger partial charge in [0.25, 0.3) is 5.89 Å². The molecular weight excluding hydrogens is 398 g/mol. The van der Waals surface area contributed by atoms with Gasteiger partial charge in [0, 0.05) is 21.5 Å². The van der Waals surface area contributed by atoms with E-state index in [0.717, 1.165) is 39.0 Å². The minimum atomic E-state index is 0.438. The van der Waals surface area contributed by atoms with Crippen molar-refractivity contribution in [1.82, 2.24) is 15.1 Å². The molecule has 30 heavy (non-hydrogen) atoms. The standard InChI is InChI=1S/C24H16ClN3O2/c1-29-18-12-8-15(9-13-18)22-14-20(19-4-2-3-5-21(19)26-22)24-27-23(28-30-24)16-6-10-17(25)11-7-16/h2-14H,1H3. The van der Waals surface area contributed by atoms with Gasteiger partial charge in [-0.25, -0.2) is 4.98 Å². The van der Waals surface area contributed by atoms with Crippen LogP contribution in [0, 0.1) is 0 Å². The fourth-order valence-corrected chi connectivity index (χ4v) is 3.44.